The second kappa shape index (κ2) is 4.64. The zero-order valence-corrected chi connectivity index (χ0v) is 12.1. The second-order valence-corrected chi connectivity index (χ2v) is 7.65. The van der Waals surface area contributed by atoms with Crippen LogP contribution in [0.4, 0.5) is 13.2 Å². The topological polar surface area (TPSA) is 60.1 Å². The summed E-state index contributed by atoms with van der Waals surface area (Å²) < 4.78 is 54.5. The summed E-state index contributed by atoms with van der Waals surface area (Å²) in [5.41, 5.74) is -1.76. The van der Waals surface area contributed by atoms with Gasteiger partial charge in [-0.3, -0.25) is 0 Å². The largest absolute Gasteiger partial charge is 0.413 e. The Bertz CT molecular complexity index is 555. The Balaban J connectivity index is 2.15. The van der Waals surface area contributed by atoms with Crippen LogP contribution in [0.5, 0.6) is 0 Å². The van der Waals surface area contributed by atoms with E-state index in [-0.39, 0.29) is 18.5 Å². The second-order valence-electron chi connectivity index (χ2n) is 5.71. The van der Waals surface area contributed by atoms with Gasteiger partial charge in [-0.2, -0.15) is 17.6 Å². The van der Waals surface area contributed by atoms with Gasteiger partial charge >= 0.3 is 6.18 Å². The molecular formula is C11H15F3N4OS. The quantitative estimate of drug-likeness (QED) is 0.804. The van der Waals surface area contributed by atoms with Gasteiger partial charge in [-0.05, 0) is 33.6 Å². The predicted octanol–water partition coefficient (Wildman–Crippen LogP) is 2.21. The first kappa shape index (κ1) is 15.1. The first-order valence-electron chi connectivity index (χ1n) is 6.02. The number of nitrogens with zero attached hydrogens (tertiary/aromatic N) is 4. The van der Waals surface area contributed by atoms with Crippen LogP contribution in [0.15, 0.2) is 10.6 Å². The van der Waals surface area contributed by atoms with Crippen LogP contribution < -0.4 is 0 Å². The molecular weight excluding hydrogens is 293 g/mol. The zero-order valence-electron chi connectivity index (χ0n) is 11.3. The van der Waals surface area contributed by atoms with Crippen molar-refractivity contribution in [1.29, 1.82) is 0 Å². The minimum Gasteiger partial charge on any atom is -0.237 e. The van der Waals surface area contributed by atoms with Crippen LogP contribution in [0.1, 0.15) is 39.3 Å². The Hall–Kier alpha value is -1.25. The van der Waals surface area contributed by atoms with Crippen LogP contribution >= 0.6 is 0 Å². The summed E-state index contributed by atoms with van der Waals surface area (Å²) in [6, 6.07) is 0. The smallest absolute Gasteiger partial charge is 0.237 e. The van der Waals surface area contributed by atoms with Crippen molar-refractivity contribution in [3.05, 3.63) is 11.9 Å². The maximum atomic E-state index is 12.9. The molecule has 1 atom stereocenters. The minimum atomic E-state index is -4.34. The molecule has 0 unspecified atom stereocenters. The van der Waals surface area contributed by atoms with E-state index in [9.17, 15) is 17.4 Å². The fourth-order valence-corrected chi connectivity index (χ4v) is 2.09. The summed E-state index contributed by atoms with van der Waals surface area (Å²) in [5.74, 6) is 0. The number of alkyl halides is 3. The number of hydrogen-bond acceptors (Lipinski definition) is 3. The average Bonchev–Trinajstić information content (AvgIpc) is 2.99. The number of rotatable bonds is 3. The van der Waals surface area contributed by atoms with E-state index in [1.807, 2.05) is 0 Å². The molecule has 5 nitrogen and oxygen atoms in total. The molecule has 1 fully saturated rings. The lowest BCUT2D eigenvalue weighted by Crippen LogP contribution is -2.35. The highest BCUT2D eigenvalue weighted by Crippen LogP contribution is 2.54. The summed E-state index contributed by atoms with van der Waals surface area (Å²) in [4.78, 5) is 0. The summed E-state index contributed by atoms with van der Waals surface area (Å²) in [6.45, 7) is 5.25. The van der Waals surface area contributed by atoms with Crippen molar-refractivity contribution >= 4 is 17.2 Å². The van der Waals surface area contributed by atoms with Crippen molar-refractivity contribution in [2.75, 3.05) is 0 Å². The standard InChI is InChI=1S/C11H15F3N4OS/c1-9(2,3)20(19)15-6-8-7-18(17-16-8)10(4-5-10)11(12,13)14/h6-7H,4-5H2,1-3H3/t20-/m1/s1. The molecule has 0 spiro atoms. The highest BCUT2D eigenvalue weighted by Gasteiger charge is 2.65. The third-order valence-corrected chi connectivity index (χ3v) is 4.35. The molecule has 0 N–H and O–H groups in total. The molecule has 1 aliphatic rings. The van der Waals surface area contributed by atoms with Crippen LogP contribution in [0, 0.1) is 0 Å². The van der Waals surface area contributed by atoms with E-state index in [0.717, 1.165) is 4.68 Å². The van der Waals surface area contributed by atoms with Crippen molar-refractivity contribution in [3.63, 3.8) is 0 Å². The van der Waals surface area contributed by atoms with Gasteiger partial charge in [-0.25, -0.2) is 8.89 Å². The SMILES string of the molecule is CC(C)(C)[S@@](=O)N=Cc1cn(C2(C(F)(F)F)CC2)nn1. The first-order valence-corrected chi connectivity index (χ1v) is 7.13. The van der Waals surface area contributed by atoms with E-state index < -0.39 is 27.4 Å². The third kappa shape index (κ3) is 2.77. The van der Waals surface area contributed by atoms with Gasteiger partial charge in [-0.15, -0.1) is 5.10 Å². The van der Waals surface area contributed by atoms with E-state index in [1.54, 1.807) is 20.8 Å². The maximum Gasteiger partial charge on any atom is 0.413 e. The summed E-state index contributed by atoms with van der Waals surface area (Å²) in [5, 5.41) is 7.13. The van der Waals surface area contributed by atoms with Crippen LogP contribution in [-0.2, 0) is 16.5 Å². The van der Waals surface area contributed by atoms with Crippen LogP contribution in [-0.4, -0.2) is 36.3 Å². The summed E-state index contributed by atoms with van der Waals surface area (Å²) in [7, 11) is -1.48. The normalized spacial score (nSPS) is 20.3. The molecule has 1 aromatic heterocycles. The molecule has 1 saturated carbocycles. The predicted molar refractivity (Wildman–Crippen MR) is 68.8 cm³/mol. The van der Waals surface area contributed by atoms with E-state index in [4.69, 9.17) is 0 Å². The molecule has 1 aromatic rings. The van der Waals surface area contributed by atoms with E-state index in [1.165, 1.54) is 12.4 Å². The van der Waals surface area contributed by atoms with Gasteiger partial charge in [-0.1, -0.05) is 5.21 Å². The molecule has 0 radical (unpaired) electrons. The van der Waals surface area contributed by atoms with Crippen molar-refractivity contribution < 1.29 is 17.4 Å². The lowest BCUT2D eigenvalue weighted by molar-refractivity contribution is -0.182. The molecule has 0 saturated heterocycles. The van der Waals surface area contributed by atoms with Crippen LogP contribution in [0.3, 0.4) is 0 Å². The van der Waals surface area contributed by atoms with E-state index >= 15 is 0 Å². The molecule has 2 rings (SSSR count). The van der Waals surface area contributed by atoms with Crippen LogP contribution in [0.25, 0.3) is 0 Å². The lowest BCUT2D eigenvalue weighted by atomic mass is 10.2. The molecule has 1 heterocycles. The van der Waals surface area contributed by atoms with Crippen molar-refractivity contribution in [1.82, 2.24) is 15.0 Å². The van der Waals surface area contributed by atoms with Gasteiger partial charge in [0.15, 0.2) is 5.54 Å². The van der Waals surface area contributed by atoms with Crippen molar-refractivity contribution in [3.8, 4) is 0 Å². The Kier molecular flexibility index (Phi) is 3.52. The molecule has 112 valence electrons. The Labute approximate surface area is 116 Å². The molecule has 9 heteroatoms. The zero-order chi connectivity index (χ0) is 15.2. The first-order chi connectivity index (χ1) is 9.06. The molecule has 1 aliphatic carbocycles. The maximum absolute atomic E-state index is 12.9. The molecule has 0 aromatic carbocycles. The minimum absolute atomic E-state index is 0.00433. The summed E-state index contributed by atoms with van der Waals surface area (Å²) >= 11 is 0. The lowest BCUT2D eigenvalue weighted by Gasteiger charge is -2.18. The molecule has 20 heavy (non-hydrogen) atoms. The number of halogens is 3. The van der Waals surface area contributed by atoms with Gasteiger partial charge in [0, 0.05) is 0 Å². The highest BCUT2D eigenvalue weighted by atomic mass is 32.2. The fourth-order valence-electron chi connectivity index (χ4n) is 1.57. The van der Waals surface area contributed by atoms with Crippen molar-refractivity contribution in [2.45, 2.75) is 50.1 Å². The van der Waals surface area contributed by atoms with Gasteiger partial charge in [0.1, 0.15) is 16.7 Å². The fraction of sp³-hybridized carbons (Fsp3) is 0.727. The molecule has 0 amide bonds. The number of hydrogen-bond donors (Lipinski definition) is 0. The van der Waals surface area contributed by atoms with Gasteiger partial charge in [0.25, 0.3) is 0 Å². The Morgan fingerprint density at radius 2 is 2.00 bits per heavy atom. The van der Waals surface area contributed by atoms with Gasteiger partial charge < -0.3 is 0 Å². The average molecular weight is 308 g/mol. The Morgan fingerprint density at radius 3 is 2.45 bits per heavy atom. The third-order valence-electron chi connectivity index (χ3n) is 3.01. The van der Waals surface area contributed by atoms with Gasteiger partial charge in [0.05, 0.1) is 17.2 Å². The van der Waals surface area contributed by atoms with Crippen LogP contribution in [0.2, 0.25) is 0 Å². The van der Waals surface area contributed by atoms with Crippen molar-refractivity contribution in [2.24, 2.45) is 4.40 Å². The Morgan fingerprint density at radius 1 is 1.40 bits per heavy atom. The monoisotopic (exact) mass is 308 g/mol. The molecule has 0 bridgehead atoms. The van der Waals surface area contributed by atoms with Gasteiger partial charge in [0.2, 0.25) is 0 Å². The highest BCUT2D eigenvalue weighted by molar-refractivity contribution is 7.85. The summed E-state index contributed by atoms with van der Waals surface area (Å²) in [6.07, 6.45) is -1.96. The van der Waals surface area contributed by atoms with E-state index in [2.05, 4.69) is 14.7 Å². The molecule has 0 aliphatic heterocycles. The number of aromatic nitrogens is 3. The van der Waals surface area contributed by atoms with E-state index in [0.29, 0.717) is 0 Å².